The van der Waals surface area contributed by atoms with E-state index in [9.17, 15) is 9.90 Å². The van der Waals surface area contributed by atoms with Crippen LogP contribution in [-0.2, 0) is 4.79 Å². The van der Waals surface area contributed by atoms with Crippen molar-refractivity contribution in [1.82, 2.24) is 10.6 Å². The minimum atomic E-state index is -0.456. The molecular formula is C8H15ClN2O2. The summed E-state index contributed by atoms with van der Waals surface area (Å²) in [7, 11) is 0. The molecule has 0 aromatic rings. The normalized spacial score (nSPS) is 29.4. The summed E-state index contributed by atoms with van der Waals surface area (Å²) in [5.41, 5.74) is 0. The lowest BCUT2D eigenvalue weighted by molar-refractivity contribution is -0.120. The lowest BCUT2D eigenvalue weighted by atomic mass is 10.1. The Morgan fingerprint density at radius 3 is 3.15 bits per heavy atom. The molecule has 0 bridgehead atoms. The van der Waals surface area contributed by atoms with Gasteiger partial charge in [-0.2, -0.15) is 0 Å². The van der Waals surface area contributed by atoms with Crippen LogP contribution in [0.4, 0.5) is 0 Å². The maximum absolute atomic E-state index is 11.0. The van der Waals surface area contributed by atoms with E-state index < -0.39 is 6.10 Å². The number of aliphatic hydroxyl groups is 1. The molecule has 4 nitrogen and oxygen atoms in total. The molecule has 1 amide bonds. The number of aliphatic hydroxyl groups excluding tert-OH is 1. The Labute approximate surface area is 82.6 Å². The Bertz CT molecular complexity index is 178. The molecule has 1 aliphatic heterocycles. The van der Waals surface area contributed by atoms with Crippen LogP contribution in [0.5, 0.6) is 0 Å². The molecule has 0 saturated carbocycles. The molecule has 0 spiro atoms. The van der Waals surface area contributed by atoms with Gasteiger partial charge in [-0.05, 0) is 19.4 Å². The van der Waals surface area contributed by atoms with Crippen molar-refractivity contribution in [3.63, 3.8) is 0 Å². The molecule has 0 aromatic heterocycles. The van der Waals surface area contributed by atoms with Crippen molar-refractivity contribution < 1.29 is 9.90 Å². The van der Waals surface area contributed by atoms with E-state index in [4.69, 9.17) is 11.6 Å². The van der Waals surface area contributed by atoms with E-state index in [1.165, 1.54) is 0 Å². The van der Waals surface area contributed by atoms with Crippen molar-refractivity contribution in [3.8, 4) is 0 Å². The highest BCUT2D eigenvalue weighted by Crippen LogP contribution is 2.05. The van der Waals surface area contributed by atoms with E-state index in [2.05, 4.69) is 10.6 Å². The fourth-order valence-corrected chi connectivity index (χ4v) is 1.50. The summed E-state index contributed by atoms with van der Waals surface area (Å²) < 4.78 is 0. The molecule has 3 N–H and O–H groups in total. The summed E-state index contributed by atoms with van der Waals surface area (Å²) in [6.07, 6.45) is 1.21. The number of rotatable bonds is 2. The van der Waals surface area contributed by atoms with Crippen LogP contribution in [0.15, 0.2) is 0 Å². The lowest BCUT2D eigenvalue weighted by Gasteiger charge is -2.20. The SMILES string of the molecule is O=C(CCl)NC1CNCCCC1O. The van der Waals surface area contributed by atoms with Gasteiger partial charge in [0.25, 0.3) is 0 Å². The average molecular weight is 207 g/mol. The molecule has 13 heavy (non-hydrogen) atoms. The molecule has 0 aliphatic carbocycles. The average Bonchev–Trinajstić information content (AvgIpc) is 2.32. The van der Waals surface area contributed by atoms with Gasteiger partial charge in [0.15, 0.2) is 0 Å². The third-order valence-electron chi connectivity index (χ3n) is 2.15. The number of carbonyl (C=O) groups excluding carboxylic acids is 1. The zero-order valence-electron chi connectivity index (χ0n) is 7.42. The van der Waals surface area contributed by atoms with Crippen LogP contribution in [0.2, 0.25) is 0 Å². The van der Waals surface area contributed by atoms with Gasteiger partial charge in [0.2, 0.25) is 5.91 Å². The topological polar surface area (TPSA) is 61.4 Å². The molecule has 2 unspecified atom stereocenters. The van der Waals surface area contributed by atoms with Gasteiger partial charge in [-0.25, -0.2) is 0 Å². The number of hydrogen-bond donors (Lipinski definition) is 3. The summed E-state index contributed by atoms with van der Waals surface area (Å²) in [5, 5.41) is 15.4. The smallest absolute Gasteiger partial charge is 0.235 e. The molecule has 76 valence electrons. The van der Waals surface area contributed by atoms with Crippen LogP contribution >= 0.6 is 11.6 Å². The number of amides is 1. The van der Waals surface area contributed by atoms with Crippen molar-refractivity contribution >= 4 is 17.5 Å². The first kappa shape index (κ1) is 10.8. The molecule has 1 rings (SSSR count). The second kappa shape index (κ2) is 5.42. The van der Waals surface area contributed by atoms with Crippen molar-refractivity contribution in [2.45, 2.75) is 25.0 Å². The summed E-state index contributed by atoms with van der Waals surface area (Å²) in [6, 6.07) is -0.200. The monoisotopic (exact) mass is 206 g/mol. The van der Waals surface area contributed by atoms with Crippen LogP contribution in [0, 0.1) is 0 Å². The summed E-state index contributed by atoms with van der Waals surface area (Å²) in [6.45, 7) is 1.51. The van der Waals surface area contributed by atoms with E-state index >= 15 is 0 Å². The standard InChI is InChI=1S/C8H15ClN2O2/c9-4-8(13)11-6-5-10-3-1-2-7(6)12/h6-7,10,12H,1-5H2,(H,11,13). The van der Waals surface area contributed by atoms with Crippen LogP contribution in [-0.4, -0.2) is 42.1 Å². The fourth-order valence-electron chi connectivity index (χ4n) is 1.42. The highest BCUT2D eigenvalue weighted by Gasteiger charge is 2.22. The Morgan fingerprint density at radius 2 is 2.46 bits per heavy atom. The molecular weight excluding hydrogens is 192 g/mol. The molecule has 1 heterocycles. The van der Waals surface area contributed by atoms with Crippen LogP contribution in [0.1, 0.15) is 12.8 Å². The third kappa shape index (κ3) is 3.50. The Balaban J connectivity index is 2.40. The number of halogens is 1. The molecule has 1 aliphatic rings. The first-order chi connectivity index (χ1) is 6.24. The van der Waals surface area contributed by atoms with Crippen molar-refractivity contribution in [2.75, 3.05) is 19.0 Å². The molecule has 2 atom stereocenters. The van der Waals surface area contributed by atoms with Gasteiger partial charge in [0.05, 0.1) is 12.1 Å². The summed E-state index contributed by atoms with van der Waals surface area (Å²) in [4.78, 5) is 11.0. The predicted molar refractivity (Wildman–Crippen MR) is 50.8 cm³/mol. The van der Waals surface area contributed by atoms with Gasteiger partial charge < -0.3 is 15.7 Å². The third-order valence-corrected chi connectivity index (χ3v) is 2.39. The molecule has 1 fully saturated rings. The van der Waals surface area contributed by atoms with E-state index in [0.717, 1.165) is 19.4 Å². The maximum Gasteiger partial charge on any atom is 0.235 e. The number of alkyl halides is 1. The highest BCUT2D eigenvalue weighted by molar-refractivity contribution is 6.27. The Morgan fingerprint density at radius 1 is 1.69 bits per heavy atom. The van der Waals surface area contributed by atoms with Crippen molar-refractivity contribution in [3.05, 3.63) is 0 Å². The van der Waals surface area contributed by atoms with Gasteiger partial charge in [0.1, 0.15) is 5.88 Å². The van der Waals surface area contributed by atoms with E-state index in [-0.39, 0.29) is 17.8 Å². The van der Waals surface area contributed by atoms with Gasteiger partial charge in [-0.1, -0.05) is 0 Å². The second-order valence-corrected chi connectivity index (χ2v) is 3.49. The Hall–Kier alpha value is -0.320. The minimum Gasteiger partial charge on any atom is -0.391 e. The summed E-state index contributed by atoms with van der Waals surface area (Å²) >= 11 is 5.35. The maximum atomic E-state index is 11.0. The fraction of sp³-hybridized carbons (Fsp3) is 0.875. The molecule has 0 aromatic carbocycles. The van der Waals surface area contributed by atoms with Gasteiger partial charge in [0, 0.05) is 6.54 Å². The largest absolute Gasteiger partial charge is 0.391 e. The number of carbonyl (C=O) groups is 1. The lowest BCUT2D eigenvalue weighted by Crippen LogP contribution is -2.48. The van der Waals surface area contributed by atoms with Crippen molar-refractivity contribution in [1.29, 1.82) is 0 Å². The zero-order chi connectivity index (χ0) is 9.68. The first-order valence-electron chi connectivity index (χ1n) is 4.48. The Kier molecular flexibility index (Phi) is 4.48. The van der Waals surface area contributed by atoms with E-state index in [0.29, 0.717) is 6.54 Å². The van der Waals surface area contributed by atoms with Gasteiger partial charge in [-0.15, -0.1) is 11.6 Å². The predicted octanol–water partition coefficient (Wildman–Crippen LogP) is -0.546. The van der Waals surface area contributed by atoms with E-state index in [1.807, 2.05) is 0 Å². The van der Waals surface area contributed by atoms with Gasteiger partial charge >= 0.3 is 0 Å². The van der Waals surface area contributed by atoms with Crippen molar-refractivity contribution in [2.24, 2.45) is 0 Å². The summed E-state index contributed by atoms with van der Waals surface area (Å²) in [5.74, 6) is -0.280. The number of hydrogen-bond acceptors (Lipinski definition) is 3. The quantitative estimate of drug-likeness (QED) is 0.532. The zero-order valence-corrected chi connectivity index (χ0v) is 8.18. The van der Waals surface area contributed by atoms with Crippen LogP contribution in [0.3, 0.4) is 0 Å². The highest BCUT2D eigenvalue weighted by atomic mass is 35.5. The van der Waals surface area contributed by atoms with Crippen LogP contribution in [0.25, 0.3) is 0 Å². The van der Waals surface area contributed by atoms with E-state index in [1.54, 1.807) is 0 Å². The molecule has 0 radical (unpaired) electrons. The van der Waals surface area contributed by atoms with Gasteiger partial charge in [-0.3, -0.25) is 4.79 Å². The molecule has 1 saturated heterocycles. The second-order valence-electron chi connectivity index (χ2n) is 3.22. The first-order valence-corrected chi connectivity index (χ1v) is 5.01. The van der Waals surface area contributed by atoms with Crippen LogP contribution < -0.4 is 10.6 Å². The number of nitrogens with one attached hydrogen (secondary N) is 2. The minimum absolute atomic E-state index is 0.0524. The molecule has 5 heteroatoms.